The van der Waals surface area contributed by atoms with Crippen LogP contribution in [0.2, 0.25) is 0 Å². The largest absolute Gasteiger partial charge is 0.478 e. The van der Waals surface area contributed by atoms with Gasteiger partial charge in [0.2, 0.25) is 0 Å². The Morgan fingerprint density at radius 3 is 2.45 bits per heavy atom. The Hall–Kier alpha value is -2.37. The molecule has 0 saturated heterocycles. The molecule has 0 saturated carbocycles. The van der Waals surface area contributed by atoms with E-state index in [0.29, 0.717) is 5.52 Å². The van der Waals surface area contributed by atoms with Gasteiger partial charge in [-0.25, -0.2) is 4.79 Å². The fourth-order valence-electron chi connectivity index (χ4n) is 2.14. The third-order valence-corrected chi connectivity index (χ3v) is 3.56. The van der Waals surface area contributed by atoms with Crippen molar-refractivity contribution in [2.45, 2.75) is 26.8 Å². The number of aromatic nitrogens is 2. The molecule has 1 aromatic heterocycles. The minimum absolute atomic E-state index is 0.0238. The predicted octanol–water partition coefficient (Wildman–Crippen LogP) is 1.60. The molecular weight excluding hydrogens is 260 g/mol. The molecule has 0 amide bonds. The normalized spacial score (nSPS) is 12.8. The number of rotatable bonds is 3. The lowest BCUT2D eigenvalue weighted by Gasteiger charge is -2.21. The highest BCUT2D eigenvalue weighted by molar-refractivity contribution is 6.00. The lowest BCUT2D eigenvalue weighted by atomic mass is 10.1. The SMILES string of the molecule is CC(C)C(C)n1c(=O)c(=O)[nH]c2c(C(=O)O)cccc21. The molecule has 106 valence electrons. The van der Waals surface area contributed by atoms with Gasteiger partial charge >= 0.3 is 17.1 Å². The number of hydrogen-bond acceptors (Lipinski definition) is 3. The van der Waals surface area contributed by atoms with Crippen LogP contribution in [0.15, 0.2) is 27.8 Å². The first-order chi connectivity index (χ1) is 9.34. The van der Waals surface area contributed by atoms with E-state index in [4.69, 9.17) is 0 Å². The molecular formula is C14H16N2O4. The van der Waals surface area contributed by atoms with Gasteiger partial charge in [0.1, 0.15) is 0 Å². The van der Waals surface area contributed by atoms with Crippen LogP contribution in [0, 0.1) is 5.92 Å². The Morgan fingerprint density at radius 1 is 1.25 bits per heavy atom. The molecule has 0 radical (unpaired) electrons. The zero-order valence-electron chi connectivity index (χ0n) is 11.5. The van der Waals surface area contributed by atoms with E-state index >= 15 is 0 Å². The van der Waals surface area contributed by atoms with Crippen LogP contribution in [0.4, 0.5) is 0 Å². The Balaban J connectivity index is 2.97. The highest BCUT2D eigenvalue weighted by Crippen LogP contribution is 2.21. The highest BCUT2D eigenvalue weighted by Gasteiger charge is 2.19. The number of carboxylic acids is 1. The maximum atomic E-state index is 12.1. The van der Waals surface area contributed by atoms with Crippen LogP contribution in [0.1, 0.15) is 37.2 Å². The highest BCUT2D eigenvalue weighted by atomic mass is 16.4. The Bertz CT molecular complexity index is 786. The summed E-state index contributed by atoms with van der Waals surface area (Å²) >= 11 is 0. The molecule has 1 unspecified atom stereocenters. The molecule has 2 N–H and O–H groups in total. The van der Waals surface area contributed by atoms with Gasteiger partial charge in [-0.3, -0.25) is 14.2 Å². The lowest BCUT2D eigenvalue weighted by Crippen LogP contribution is -2.39. The van der Waals surface area contributed by atoms with Gasteiger partial charge in [-0.15, -0.1) is 0 Å². The third-order valence-electron chi connectivity index (χ3n) is 3.56. The van der Waals surface area contributed by atoms with Gasteiger partial charge in [-0.2, -0.15) is 0 Å². The number of fused-ring (bicyclic) bond motifs is 1. The van der Waals surface area contributed by atoms with Crippen LogP contribution in [0.5, 0.6) is 0 Å². The predicted molar refractivity (Wildman–Crippen MR) is 75.3 cm³/mol. The van der Waals surface area contributed by atoms with Crippen molar-refractivity contribution in [3.8, 4) is 0 Å². The zero-order chi connectivity index (χ0) is 15.0. The van der Waals surface area contributed by atoms with Crippen LogP contribution in [-0.2, 0) is 0 Å². The van der Waals surface area contributed by atoms with E-state index in [9.17, 15) is 19.5 Å². The van der Waals surface area contributed by atoms with Gasteiger partial charge in [0.25, 0.3) is 0 Å². The minimum atomic E-state index is -1.14. The first kappa shape index (κ1) is 14.0. The third kappa shape index (κ3) is 2.13. The molecule has 0 aliphatic carbocycles. The van der Waals surface area contributed by atoms with Crippen molar-refractivity contribution in [1.29, 1.82) is 0 Å². The summed E-state index contributed by atoms with van der Waals surface area (Å²) in [6.07, 6.45) is 0. The number of nitrogens with one attached hydrogen (secondary N) is 1. The Morgan fingerprint density at radius 2 is 1.90 bits per heavy atom. The average molecular weight is 276 g/mol. The van der Waals surface area contributed by atoms with Crippen molar-refractivity contribution in [3.05, 3.63) is 44.5 Å². The molecule has 0 aliphatic heterocycles. The van der Waals surface area contributed by atoms with Crippen LogP contribution in [0.3, 0.4) is 0 Å². The second-order valence-electron chi connectivity index (χ2n) is 5.12. The van der Waals surface area contributed by atoms with Gasteiger partial charge < -0.3 is 10.1 Å². The second-order valence-corrected chi connectivity index (χ2v) is 5.12. The van der Waals surface area contributed by atoms with E-state index in [0.717, 1.165) is 0 Å². The minimum Gasteiger partial charge on any atom is -0.478 e. The molecule has 1 aromatic carbocycles. The molecule has 2 rings (SSSR count). The smallest absolute Gasteiger partial charge is 0.337 e. The van der Waals surface area contributed by atoms with Crippen molar-refractivity contribution in [3.63, 3.8) is 0 Å². The van der Waals surface area contributed by atoms with Crippen LogP contribution >= 0.6 is 0 Å². The molecule has 0 aliphatic rings. The molecule has 1 heterocycles. The zero-order valence-corrected chi connectivity index (χ0v) is 11.5. The van der Waals surface area contributed by atoms with Gasteiger partial charge in [0, 0.05) is 6.04 Å². The number of benzene rings is 1. The molecule has 0 bridgehead atoms. The van der Waals surface area contributed by atoms with E-state index in [1.54, 1.807) is 12.1 Å². The van der Waals surface area contributed by atoms with Crippen molar-refractivity contribution in [2.24, 2.45) is 5.92 Å². The second kappa shape index (κ2) is 4.96. The summed E-state index contributed by atoms with van der Waals surface area (Å²) < 4.78 is 1.37. The van der Waals surface area contributed by atoms with Crippen molar-refractivity contribution in [1.82, 2.24) is 9.55 Å². The van der Waals surface area contributed by atoms with E-state index < -0.39 is 17.1 Å². The molecule has 0 spiro atoms. The summed E-state index contributed by atoms with van der Waals surface area (Å²) in [5.74, 6) is -1.01. The number of H-pyrrole nitrogens is 1. The van der Waals surface area contributed by atoms with Crippen LogP contribution in [-0.4, -0.2) is 20.6 Å². The topological polar surface area (TPSA) is 92.2 Å². The van der Waals surface area contributed by atoms with Gasteiger partial charge in [0.15, 0.2) is 0 Å². The van der Waals surface area contributed by atoms with Crippen LogP contribution < -0.4 is 11.1 Å². The fourth-order valence-corrected chi connectivity index (χ4v) is 2.14. The summed E-state index contributed by atoms with van der Waals surface area (Å²) in [7, 11) is 0. The molecule has 6 nitrogen and oxygen atoms in total. The number of carboxylic acid groups (broad SMARTS) is 1. The summed E-state index contributed by atoms with van der Waals surface area (Å²) in [4.78, 5) is 37.4. The van der Waals surface area contributed by atoms with E-state index in [2.05, 4.69) is 4.98 Å². The quantitative estimate of drug-likeness (QED) is 0.833. The number of aromatic carboxylic acids is 1. The number of aromatic amines is 1. The van der Waals surface area contributed by atoms with Gasteiger partial charge in [-0.1, -0.05) is 19.9 Å². The van der Waals surface area contributed by atoms with E-state index in [1.165, 1.54) is 10.6 Å². The number of para-hydroxylation sites is 1. The fraction of sp³-hybridized carbons (Fsp3) is 0.357. The molecule has 6 heteroatoms. The van der Waals surface area contributed by atoms with Gasteiger partial charge in [-0.05, 0) is 25.0 Å². The molecule has 1 atom stereocenters. The standard InChI is InChI=1S/C14H16N2O4/c1-7(2)8(3)16-10-6-4-5-9(14(19)20)11(10)15-12(17)13(16)18/h4-8H,1-3H3,(H,15,17)(H,19,20). The van der Waals surface area contributed by atoms with E-state index in [1.807, 2.05) is 20.8 Å². The van der Waals surface area contributed by atoms with Crippen LogP contribution in [0.25, 0.3) is 11.0 Å². The van der Waals surface area contributed by atoms with Crippen molar-refractivity contribution >= 4 is 17.0 Å². The summed E-state index contributed by atoms with van der Waals surface area (Å²) in [5.41, 5.74) is -0.892. The summed E-state index contributed by atoms with van der Waals surface area (Å²) in [6, 6.07) is 4.39. The average Bonchev–Trinajstić information content (AvgIpc) is 2.38. The number of carbonyl (C=O) groups is 1. The van der Waals surface area contributed by atoms with Crippen molar-refractivity contribution < 1.29 is 9.90 Å². The molecule has 2 aromatic rings. The molecule has 20 heavy (non-hydrogen) atoms. The number of nitrogens with zero attached hydrogens (tertiary/aromatic N) is 1. The summed E-state index contributed by atoms with van der Waals surface area (Å²) in [6.45, 7) is 5.70. The summed E-state index contributed by atoms with van der Waals surface area (Å²) in [5, 5.41) is 9.17. The number of hydrogen-bond donors (Lipinski definition) is 2. The monoisotopic (exact) mass is 276 g/mol. The first-order valence-corrected chi connectivity index (χ1v) is 6.35. The maximum Gasteiger partial charge on any atom is 0.337 e. The Labute approximate surface area is 114 Å². The van der Waals surface area contributed by atoms with E-state index in [-0.39, 0.29) is 23.0 Å². The maximum absolute atomic E-state index is 12.1. The van der Waals surface area contributed by atoms with Gasteiger partial charge in [0.05, 0.1) is 16.6 Å². The first-order valence-electron chi connectivity index (χ1n) is 6.35. The Kier molecular flexibility index (Phi) is 3.48. The van der Waals surface area contributed by atoms with Crippen molar-refractivity contribution in [2.75, 3.05) is 0 Å². The molecule has 0 fully saturated rings. The lowest BCUT2D eigenvalue weighted by molar-refractivity contribution is 0.0698.